The summed E-state index contributed by atoms with van der Waals surface area (Å²) in [7, 11) is -0.150. The van der Waals surface area contributed by atoms with Crippen LogP contribution in [-0.4, -0.2) is 26.8 Å². The number of hydrogen-bond acceptors (Lipinski definition) is 3. The molecule has 0 aliphatic heterocycles. The number of thiophene rings is 1. The average molecular weight is 317 g/mol. The van der Waals surface area contributed by atoms with Gasteiger partial charge in [-0.15, -0.1) is 11.3 Å². The topological polar surface area (TPSA) is 37.4 Å². The third-order valence-electron chi connectivity index (χ3n) is 1.28. The zero-order chi connectivity index (χ0) is 9.35. The third kappa shape index (κ3) is 1.98. The van der Waals surface area contributed by atoms with Gasteiger partial charge < -0.3 is 0 Å². The van der Waals surface area contributed by atoms with Crippen molar-refractivity contribution in [3.05, 3.63) is 15.0 Å². The van der Waals surface area contributed by atoms with E-state index in [1.807, 2.05) is 0 Å². The monoisotopic (exact) mass is 317 g/mol. The Bertz CT molecular complexity index is 369. The van der Waals surface area contributed by atoms with Crippen molar-refractivity contribution >= 4 is 44.0 Å². The van der Waals surface area contributed by atoms with Crippen molar-refractivity contribution in [2.24, 2.45) is 0 Å². The molecule has 0 saturated carbocycles. The molecule has 0 bridgehead atoms. The van der Waals surface area contributed by atoms with Crippen molar-refractivity contribution in [2.75, 3.05) is 14.1 Å². The predicted molar refractivity (Wildman–Crippen MR) is 57.9 cm³/mol. The number of rotatable bonds is 2. The van der Waals surface area contributed by atoms with Crippen LogP contribution in [0.3, 0.4) is 0 Å². The first-order chi connectivity index (χ1) is 5.44. The lowest BCUT2D eigenvalue weighted by Crippen LogP contribution is -2.21. The molecule has 1 aromatic heterocycles. The van der Waals surface area contributed by atoms with Crippen LogP contribution in [0.4, 0.5) is 0 Å². The lowest BCUT2D eigenvalue weighted by atomic mass is 10.7. The van der Waals surface area contributed by atoms with E-state index in [1.165, 1.54) is 29.7 Å². The molecule has 1 heterocycles. The number of nitrogens with zero attached hydrogens (tertiary/aromatic N) is 1. The molecule has 68 valence electrons. The van der Waals surface area contributed by atoms with Crippen LogP contribution in [0, 0.1) is 2.88 Å². The molecule has 0 atom stereocenters. The first-order valence-electron chi connectivity index (χ1n) is 3.12. The summed E-state index contributed by atoms with van der Waals surface area (Å²) in [6.07, 6.45) is 0. The van der Waals surface area contributed by atoms with Gasteiger partial charge in [0.25, 0.3) is 10.0 Å². The minimum atomic E-state index is -3.21. The first-order valence-corrected chi connectivity index (χ1v) is 6.46. The second-order valence-electron chi connectivity index (χ2n) is 2.35. The van der Waals surface area contributed by atoms with E-state index >= 15 is 0 Å². The van der Waals surface area contributed by atoms with Crippen molar-refractivity contribution in [3.63, 3.8) is 0 Å². The first kappa shape index (κ1) is 10.4. The molecule has 0 aliphatic carbocycles. The quantitative estimate of drug-likeness (QED) is 0.777. The van der Waals surface area contributed by atoms with Crippen LogP contribution < -0.4 is 0 Å². The van der Waals surface area contributed by atoms with Crippen LogP contribution in [-0.2, 0) is 10.0 Å². The number of sulfonamides is 1. The molecule has 1 aromatic rings. The molecule has 6 heteroatoms. The predicted octanol–water partition coefficient (Wildman–Crippen LogP) is 1.60. The van der Waals surface area contributed by atoms with Gasteiger partial charge >= 0.3 is 0 Å². The van der Waals surface area contributed by atoms with E-state index < -0.39 is 10.0 Å². The van der Waals surface area contributed by atoms with Gasteiger partial charge in [-0.05, 0) is 34.7 Å². The van der Waals surface area contributed by atoms with Gasteiger partial charge in [-0.2, -0.15) is 0 Å². The fourth-order valence-corrected chi connectivity index (χ4v) is 4.16. The van der Waals surface area contributed by atoms with E-state index in [4.69, 9.17) is 0 Å². The summed E-state index contributed by atoms with van der Waals surface area (Å²) in [5.74, 6) is 0. The molecule has 0 aromatic carbocycles. The highest BCUT2D eigenvalue weighted by Crippen LogP contribution is 2.24. The Labute approximate surface area is 89.6 Å². The minimum absolute atomic E-state index is 0.400. The van der Waals surface area contributed by atoms with Crippen LogP contribution in [0.5, 0.6) is 0 Å². The Morgan fingerprint density at radius 3 is 2.33 bits per heavy atom. The standard InChI is InChI=1S/C6H8INO2S2/c1-8(2)12(9,10)6-4-3-5(7)11-6/h3-4H,1-2H3. The minimum Gasteiger partial charge on any atom is -0.206 e. The highest BCUT2D eigenvalue weighted by Gasteiger charge is 2.18. The lowest BCUT2D eigenvalue weighted by Gasteiger charge is -2.07. The summed E-state index contributed by atoms with van der Waals surface area (Å²) in [5.41, 5.74) is 0. The number of halogens is 1. The molecule has 0 N–H and O–H groups in total. The summed E-state index contributed by atoms with van der Waals surface area (Å²) >= 11 is 3.38. The zero-order valence-corrected chi connectivity index (χ0v) is 10.4. The Morgan fingerprint density at radius 2 is 2.00 bits per heavy atom. The highest BCUT2D eigenvalue weighted by molar-refractivity contribution is 14.1. The highest BCUT2D eigenvalue weighted by atomic mass is 127. The Balaban J connectivity index is 3.15. The van der Waals surface area contributed by atoms with Crippen molar-refractivity contribution in [1.82, 2.24) is 4.31 Å². The van der Waals surface area contributed by atoms with Crippen LogP contribution in [0.15, 0.2) is 16.3 Å². The Hall–Kier alpha value is 0.340. The van der Waals surface area contributed by atoms with Gasteiger partial charge in [-0.25, -0.2) is 12.7 Å². The maximum absolute atomic E-state index is 11.5. The molecular formula is C6H8INO2S2. The van der Waals surface area contributed by atoms with Gasteiger partial charge in [0.1, 0.15) is 4.21 Å². The molecule has 0 spiro atoms. The summed E-state index contributed by atoms with van der Waals surface area (Å²) in [6, 6.07) is 3.42. The normalized spacial score (nSPS) is 12.3. The van der Waals surface area contributed by atoms with Crippen LogP contribution in [0.25, 0.3) is 0 Å². The molecular weight excluding hydrogens is 309 g/mol. The molecule has 0 saturated heterocycles. The maximum atomic E-state index is 11.5. The van der Waals surface area contributed by atoms with Gasteiger partial charge in [0, 0.05) is 14.1 Å². The molecule has 0 aliphatic rings. The van der Waals surface area contributed by atoms with E-state index in [-0.39, 0.29) is 0 Å². The maximum Gasteiger partial charge on any atom is 0.252 e. The fraction of sp³-hybridized carbons (Fsp3) is 0.333. The molecule has 3 nitrogen and oxygen atoms in total. The van der Waals surface area contributed by atoms with Gasteiger partial charge in [-0.3, -0.25) is 0 Å². The lowest BCUT2D eigenvalue weighted by molar-refractivity contribution is 0.523. The van der Waals surface area contributed by atoms with Crippen LogP contribution >= 0.6 is 33.9 Å². The van der Waals surface area contributed by atoms with Crippen molar-refractivity contribution in [1.29, 1.82) is 0 Å². The molecule has 0 radical (unpaired) electrons. The fourth-order valence-electron chi connectivity index (χ4n) is 0.616. The molecule has 0 unspecified atom stereocenters. The Kier molecular flexibility index (Phi) is 3.13. The number of hydrogen-bond donors (Lipinski definition) is 0. The average Bonchev–Trinajstić information content (AvgIpc) is 2.35. The molecule has 0 fully saturated rings. The van der Waals surface area contributed by atoms with E-state index in [0.717, 1.165) is 2.88 Å². The van der Waals surface area contributed by atoms with E-state index in [9.17, 15) is 8.42 Å². The SMILES string of the molecule is CN(C)S(=O)(=O)c1ccc(I)s1. The third-order valence-corrected chi connectivity index (χ3v) is 5.46. The van der Waals surface area contributed by atoms with E-state index in [2.05, 4.69) is 22.6 Å². The van der Waals surface area contributed by atoms with Gasteiger partial charge in [0.2, 0.25) is 0 Å². The van der Waals surface area contributed by atoms with Gasteiger partial charge in [0.15, 0.2) is 0 Å². The van der Waals surface area contributed by atoms with Crippen LogP contribution in [0.2, 0.25) is 0 Å². The molecule has 12 heavy (non-hydrogen) atoms. The summed E-state index contributed by atoms with van der Waals surface area (Å²) in [5, 5.41) is 0. The second kappa shape index (κ2) is 3.60. The second-order valence-corrected chi connectivity index (χ2v) is 7.70. The van der Waals surface area contributed by atoms with Crippen molar-refractivity contribution < 1.29 is 8.42 Å². The zero-order valence-electron chi connectivity index (χ0n) is 6.61. The van der Waals surface area contributed by atoms with Crippen LogP contribution in [0.1, 0.15) is 0 Å². The van der Waals surface area contributed by atoms with Crippen molar-refractivity contribution in [2.45, 2.75) is 4.21 Å². The summed E-state index contributed by atoms with van der Waals surface area (Å²) in [6.45, 7) is 0. The largest absolute Gasteiger partial charge is 0.252 e. The van der Waals surface area contributed by atoms with Crippen molar-refractivity contribution in [3.8, 4) is 0 Å². The summed E-state index contributed by atoms with van der Waals surface area (Å²) < 4.78 is 25.6. The van der Waals surface area contributed by atoms with E-state index in [1.54, 1.807) is 12.1 Å². The summed E-state index contributed by atoms with van der Waals surface area (Å²) in [4.78, 5) is 0. The van der Waals surface area contributed by atoms with Gasteiger partial charge in [0.05, 0.1) is 2.88 Å². The van der Waals surface area contributed by atoms with E-state index in [0.29, 0.717) is 4.21 Å². The molecule has 0 amide bonds. The van der Waals surface area contributed by atoms with Gasteiger partial charge in [-0.1, -0.05) is 0 Å². The molecule has 1 rings (SSSR count). The smallest absolute Gasteiger partial charge is 0.206 e. The Morgan fingerprint density at radius 1 is 1.42 bits per heavy atom.